The fraction of sp³-hybridized carbons (Fsp3) is 0.429. The van der Waals surface area contributed by atoms with Crippen LogP contribution in [0.5, 0.6) is 17.2 Å². The van der Waals surface area contributed by atoms with E-state index in [2.05, 4.69) is 0 Å². The van der Waals surface area contributed by atoms with Crippen molar-refractivity contribution in [2.24, 2.45) is 0 Å². The Bertz CT molecular complexity index is 1120. The highest BCUT2D eigenvalue weighted by molar-refractivity contribution is 6.46. The first kappa shape index (κ1) is 26.1. The number of aliphatic hydroxyl groups excluding tert-OH is 1. The number of carbonyl (C=O) groups excluding carboxylic acids is 2. The summed E-state index contributed by atoms with van der Waals surface area (Å²) in [6.45, 7) is 11.0. The Kier molecular flexibility index (Phi) is 8.43. The smallest absolute Gasteiger partial charge is 0.295 e. The number of aliphatic hydroxyl groups is 1. The zero-order chi connectivity index (χ0) is 25.7. The number of rotatable bonds is 10. The molecule has 7 nitrogen and oxygen atoms in total. The molecule has 1 amide bonds. The summed E-state index contributed by atoms with van der Waals surface area (Å²) in [6.07, 6.45) is 1.55. The van der Waals surface area contributed by atoms with Crippen molar-refractivity contribution >= 4 is 17.4 Å². The number of nitrogens with zero attached hydrogens (tertiary/aromatic N) is 1. The van der Waals surface area contributed by atoms with Gasteiger partial charge in [0.25, 0.3) is 11.7 Å². The van der Waals surface area contributed by atoms with Crippen LogP contribution in [0.4, 0.5) is 0 Å². The number of phenolic OH excluding ortho intramolecular Hbond substituents is 1. The van der Waals surface area contributed by atoms with Crippen LogP contribution in [0.2, 0.25) is 0 Å². The van der Waals surface area contributed by atoms with Gasteiger partial charge < -0.3 is 24.6 Å². The molecule has 0 saturated carbocycles. The highest BCUT2D eigenvalue weighted by Gasteiger charge is 2.46. The number of hydrogen-bond donors (Lipinski definition) is 2. The summed E-state index contributed by atoms with van der Waals surface area (Å²) in [5, 5.41) is 21.6. The summed E-state index contributed by atoms with van der Waals surface area (Å²) < 4.78 is 11.3. The lowest BCUT2D eigenvalue weighted by molar-refractivity contribution is -0.139. The van der Waals surface area contributed by atoms with Crippen LogP contribution in [0.3, 0.4) is 0 Å². The number of ketones is 1. The molecule has 0 bridgehead atoms. The zero-order valence-corrected chi connectivity index (χ0v) is 21.1. The van der Waals surface area contributed by atoms with Crippen molar-refractivity contribution in [1.82, 2.24) is 4.90 Å². The molecule has 3 rings (SSSR count). The van der Waals surface area contributed by atoms with E-state index in [9.17, 15) is 19.8 Å². The van der Waals surface area contributed by atoms with Crippen LogP contribution >= 0.6 is 0 Å². The molecule has 0 spiro atoms. The molecule has 1 unspecified atom stereocenters. The fourth-order valence-corrected chi connectivity index (χ4v) is 4.35. The Morgan fingerprint density at radius 1 is 1.00 bits per heavy atom. The fourth-order valence-electron chi connectivity index (χ4n) is 4.35. The minimum absolute atomic E-state index is 0.0260. The van der Waals surface area contributed by atoms with Gasteiger partial charge in [-0.15, -0.1) is 0 Å². The maximum Gasteiger partial charge on any atom is 0.295 e. The SMILES string of the molecule is CCCCN1C(=O)C(=O)/C(=C(/O)c2ccc(OCC)c(C(C)C)c2)C1c1ccc(O)c(OCC)c1. The molecule has 1 saturated heterocycles. The van der Waals surface area contributed by atoms with Crippen LogP contribution in [0.1, 0.15) is 76.1 Å². The maximum absolute atomic E-state index is 13.2. The molecule has 7 heteroatoms. The predicted octanol–water partition coefficient (Wildman–Crippen LogP) is 5.53. The summed E-state index contributed by atoms with van der Waals surface area (Å²) in [5.74, 6) is -0.538. The van der Waals surface area contributed by atoms with Gasteiger partial charge in [-0.2, -0.15) is 0 Å². The number of amides is 1. The number of aromatic hydroxyl groups is 1. The molecular weight excluding hydrogens is 446 g/mol. The molecule has 35 heavy (non-hydrogen) atoms. The first-order valence-corrected chi connectivity index (χ1v) is 12.3. The second-order valence-electron chi connectivity index (χ2n) is 8.85. The maximum atomic E-state index is 13.2. The van der Waals surface area contributed by atoms with Crippen molar-refractivity contribution in [3.8, 4) is 17.2 Å². The highest BCUT2D eigenvalue weighted by atomic mass is 16.5. The molecule has 1 aliphatic rings. The van der Waals surface area contributed by atoms with Crippen molar-refractivity contribution in [2.45, 2.75) is 59.4 Å². The quantitative estimate of drug-likeness (QED) is 0.263. The van der Waals surface area contributed by atoms with Gasteiger partial charge in [-0.25, -0.2) is 0 Å². The van der Waals surface area contributed by atoms with E-state index in [0.29, 0.717) is 37.3 Å². The first-order chi connectivity index (χ1) is 16.7. The molecule has 2 N–H and O–H groups in total. The van der Waals surface area contributed by atoms with Crippen LogP contribution in [-0.2, 0) is 9.59 Å². The molecule has 1 aliphatic heterocycles. The number of phenols is 1. The van der Waals surface area contributed by atoms with E-state index in [-0.39, 0.29) is 28.7 Å². The minimum atomic E-state index is -0.796. The first-order valence-electron chi connectivity index (χ1n) is 12.3. The van der Waals surface area contributed by atoms with Crippen molar-refractivity contribution in [1.29, 1.82) is 0 Å². The standard InChI is InChI=1S/C28H35NO6/c1-6-9-14-29-25(18-10-12-21(30)23(16-18)35-8-3)24(27(32)28(29)33)26(31)19-11-13-22(34-7-2)20(15-19)17(4)5/h10-13,15-17,25,30-31H,6-9,14H2,1-5H3/b26-24+. The summed E-state index contributed by atoms with van der Waals surface area (Å²) in [6, 6.07) is 9.25. The number of carbonyl (C=O) groups is 2. The van der Waals surface area contributed by atoms with E-state index < -0.39 is 17.7 Å². The van der Waals surface area contributed by atoms with Crippen molar-refractivity contribution < 1.29 is 29.3 Å². The monoisotopic (exact) mass is 481 g/mol. The van der Waals surface area contributed by atoms with Gasteiger partial charge in [0.1, 0.15) is 11.5 Å². The van der Waals surface area contributed by atoms with Gasteiger partial charge in [0.05, 0.1) is 24.8 Å². The van der Waals surface area contributed by atoms with Crippen LogP contribution in [0.25, 0.3) is 5.76 Å². The van der Waals surface area contributed by atoms with Gasteiger partial charge in [0.15, 0.2) is 11.5 Å². The summed E-state index contributed by atoms with van der Waals surface area (Å²) in [7, 11) is 0. The number of ether oxygens (including phenoxy) is 2. The number of unbranched alkanes of at least 4 members (excludes halogenated alkanes) is 1. The Labute approximate surface area is 207 Å². The van der Waals surface area contributed by atoms with Gasteiger partial charge in [-0.3, -0.25) is 9.59 Å². The van der Waals surface area contributed by atoms with E-state index in [1.54, 1.807) is 31.2 Å². The number of benzene rings is 2. The van der Waals surface area contributed by atoms with E-state index in [0.717, 1.165) is 17.7 Å². The van der Waals surface area contributed by atoms with Gasteiger partial charge in [-0.1, -0.05) is 33.3 Å². The van der Waals surface area contributed by atoms with Crippen LogP contribution < -0.4 is 9.47 Å². The van der Waals surface area contributed by atoms with Crippen LogP contribution in [0.15, 0.2) is 42.0 Å². The van der Waals surface area contributed by atoms with Crippen LogP contribution in [0, 0.1) is 0 Å². The lowest BCUT2D eigenvalue weighted by Crippen LogP contribution is -2.30. The van der Waals surface area contributed by atoms with Gasteiger partial charge in [0.2, 0.25) is 0 Å². The Morgan fingerprint density at radius 2 is 1.69 bits per heavy atom. The average molecular weight is 482 g/mol. The number of likely N-dealkylation sites (tertiary alicyclic amines) is 1. The predicted molar refractivity (Wildman–Crippen MR) is 135 cm³/mol. The second-order valence-corrected chi connectivity index (χ2v) is 8.85. The molecule has 0 aromatic heterocycles. The lowest BCUT2D eigenvalue weighted by Gasteiger charge is -2.26. The average Bonchev–Trinajstić information content (AvgIpc) is 3.09. The van der Waals surface area contributed by atoms with Crippen LogP contribution in [-0.4, -0.2) is 46.6 Å². The second kappa shape index (κ2) is 11.3. The topological polar surface area (TPSA) is 96.3 Å². The van der Waals surface area contributed by atoms with Crippen molar-refractivity contribution in [3.63, 3.8) is 0 Å². The van der Waals surface area contributed by atoms with Gasteiger partial charge >= 0.3 is 0 Å². The third kappa shape index (κ3) is 5.29. The van der Waals surface area contributed by atoms with Gasteiger partial charge in [0, 0.05) is 12.1 Å². The van der Waals surface area contributed by atoms with E-state index in [1.807, 2.05) is 33.8 Å². The summed E-state index contributed by atoms with van der Waals surface area (Å²) >= 11 is 0. The molecule has 0 radical (unpaired) electrons. The number of hydrogen-bond acceptors (Lipinski definition) is 6. The van der Waals surface area contributed by atoms with E-state index >= 15 is 0 Å². The molecule has 1 fully saturated rings. The highest BCUT2D eigenvalue weighted by Crippen LogP contribution is 2.42. The zero-order valence-electron chi connectivity index (χ0n) is 21.1. The molecule has 2 aromatic carbocycles. The molecule has 188 valence electrons. The molecule has 0 aliphatic carbocycles. The third-order valence-electron chi connectivity index (χ3n) is 6.10. The Hall–Kier alpha value is -3.48. The molecule has 1 atom stereocenters. The summed E-state index contributed by atoms with van der Waals surface area (Å²) in [4.78, 5) is 27.8. The normalized spacial score (nSPS) is 17.3. The van der Waals surface area contributed by atoms with Crippen molar-refractivity contribution in [2.75, 3.05) is 19.8 Å². The minimum Gasteiger partial charge on any atom is -0.507 e. The Morgan fingerprint density at radius 3 is 2.31 bits per heavy atom. The molecule has 2 aromatic rings. The Balaban J connectivity index is 2.20. The number of Topliss-reactive ketones (excluding diaryl/α,β-unsaturated/α-hetero) is 1. The van der Waals surface area contributed by atoms with Crippen molar-refractivity contribution in [3.05, 3.63) is 58.7 Å². The van der Waals surface area contributed by atoms with E-state index in [1.165, 1.54) is 11.0 Å². The summed E-state index contributed by atoms with van der Waals surface area (Å²) in [5.41, 5.74) is 1.95. The largest absolute Gasteiger partial charge is 0.507 e. The third-order valence-corrected chi connectivity index (χ3v) is 6.10. The lowest BCUT2D eigenvalue weighted by atomic mass is 9.93. The van der Waals surface area contributed by atoms with E-state index in [4.69, 9.17) is 9.47 Å². The van der Waals surface area contributed by atoms with Gasteiger partial charge in [-0.05, 0) is 67.6 Å². The molecule has 1 heterocycles. The molecular formula is C28H35NO6.